The van der Waals surface area contributed by atoms with E-state index in [4.69, 9.17) is 4.74 Å². The average molecular weight is 379 g/mol. The van der Waals surface area contributed by atoms with E-state index in [1.165, 1.54) is 16.2 Å². The second-order valence-corrected chi connectivity index (χ2v) is 6.96. The molecule has 2 aromatic carbocycles. The highest BCUT2D eigenvalue weighted by atomic mass is 32.1. The molecule has 1 aliphatic heterocycles. The maximum atomic E-state index is 12.5. The van der Waals surface area contributed by atoms with Crippen LogP contribution in [0.5, 0.6) is 5.75 Å². The molecule has 0 radical (unpaired) electrons. The van der Waals surface area contributed by atoms with E-state index >= 15 is 0 Å². The van der Waals surface area contributed by atoms with Crippen LogP contribution >= 0.6 is 11.3 Å². The number of aromatic nitrogens is 1. The Morgan fingerprint density at radius 2 is 2.07 bits per heavy atom. The van der Waals surface area contributed by atoms with E-state index in [0.717, 1.165) is 16.8 Å². The summed E-state index contributed by atoms with van der Waals surface area (Å²) in [6.45, 7) is 1.82. The third-order valence-corrected chi connectivity index (χ3v) is 4.85. The van der Waals surface area contributed by atoms with Crippen LogP contribution in [0.1, 0.15) is 5.56 Å². The maximum absolute atomic E-state index is 12.5. The summed E-state index contributed by atoms with van der Waals surface area (Å²) < 4.78 is 5.51. The maximum Gasteiger partial charge on any atom is 0.265 e. The molecule has 0 unspecified atom stereocenters. The molecule has 2 heterocycles. The number of nitrogens with one attached hydrogen (secondary N) is 1. The van der Waals surface area contributed by atoms with E-state index in [1.807, 2.05) is 48.7 Å². The van der Waals surface area contributed by atoms with Crippen LogP contribution in [-0.2, 0) is 9.59 Å². The lowest BCUT2D eigenvalue weighted by molar-refractivity contribution is -0.123. The van der Waals surface area contributed by atoms with Crippen LogP contribution < -0.4 is 15.0 Å². The Balaban J connectivity index is 1.57. The van der Waals surface area contributed by atoms with E-state index < -0.39 is 0 Å². The van der Waals surface area contributed by atoms with Gasteiger partial charge in [-0.05, 0) is 37.3 Å². The molecule has 0 bridgehead atoms. The number of ether oxygens (including phenoxy) is 1. The summed E-state index contributed by atoms with van der Waals surface area (Å²) >= 11 is 1.50. The van der Waals surface area contributed by atoms with Gasteiger partial charge in [-0.1, -0.05) is 17.7 Å². The third kappa shape index (κ3) is 3.68. The first-order valence-corrected chi connectivity index (χ1v) is 9.37. The van der Waals surface area contributed by atoms with Crippen molar-refractivity contribution in [2.75, 3.05) is 23.4 Å². The number of carbonyl (C=O) groups excluding carboxylic acids is 2. The first-order valence-electron chi connectivity index (χ1n) is 8.42. The lowest BCUT2D eigenvalue weighted by Crippen LogP contribution is -2.43. The smallest absolute Gasteiger partial charge is 0.265 e. The van der Waals surface area contributed by atoms with Crippen molar-refractivity contribution in [2.24, 2.45) is 0 Å². The minimum absolute atomic E-state index is 0.0798. The number of rotatable bonds is 4. The summed E-state index contributed by atoms with van der Waals surface area (Å²) in [5, 5.41) is 4.76. The molecule has 2 amide bonds. The number of hydrogen-bond donors (Lipinski definition) is 1. The van der Waals surface area contributed by atoms with Crippen LogP contribution in [-0.4, -0.2) is 29.9 Å². The van der Waals surface area contributed by atoms with Gasteiger partial charge >= 0.3 is 0 Å². The number of carbonyl (C=O) groups is 2. The van der Waals surface area contributed by atoms with Crippen molar-refractivity contribution in [1.82, 2.24) is 4.98 Å². The summed E-state index contributed by atoms with van der Waals surface area (Å²) in [4.78, 5) is 30.6. The SMILES string of the molecule is Cc1ccc(NC(=O)CN2C(=O)COc3ccc(-c4cscn4)cc32)cc1. The number of fused-ring (bicyclic) bond motifs is 1. The average Bonchev–Trinajstić information content (AvgIpc) is 3.20. The predicted octanol–water partition coefficient (Wildman–Crippen LogP) is 3.48. The Morgan fingerprint density at radius 3 is 2.81 bits per heavy atom. The van der Waals surface area contributed by atoms with Gasteiger partial charge in [0, 0.05) is 16.6 Å². The number of aryl methyl sites for hydroxylation is 1. The molecule has 4 rings (SSSR count). The third-order valence-electron chi connectivity index (χ3n) is 4.27. The fourth-order valence-corrected chi connectivity index (χ4v) is 3.43. The molecule has 0 atom stereocenters. The number of anilines is 2. The second kappa shape index (κ2) is 7.20. The van der Waals surface area contributed by atoms with Crippen molar-refractivity contribution in [1.29, 1.82) is 0 Å². The standard InChI is InChI=1S/C20H17N3O3S/c1-13-2-5-15(6-3-13)22-19(24)9-23-17-8-14(16-11-27-12-21-16)4-7-18(17)26-10-20(23)25/h2-8,11-12H,9-10H2,1H3,(H,22,24). The molecule has 1 N–H and O–H groups in total. The molecular formula is C20H17N3O3S. The molecule has 3 aromatic rings. The molecule has 27 heavy (non-hydrogen) atoms. The van der Waals surface area contributed by atoms with Gasteiger partial charge in [0.1, 0.15) is 12.3 Å². The Labute approximate surface area is 160 Å². The molecule has 0 saturated heterocycles. The molecule has 0 spiro atoms. The van der Waals surface area contributed by atoms with E-state index in [2.05, 4.69) is 10.3 Å². The van der Waals surface area contributed by atoms with Gasteiger partial charge in [0.25, 0.3) is 5.91 Å². The zero-order chi connectivity index (χ0) is 18.8. The molecule has 0 saturated carbocycles. The summed E-state index contributed by atoms with van der Waals surface area (Å²) in [7, 11) is 0. The van der Waals surface area contributed by atoms with Gasteiger partial charge in [0.15, 0.2) is 6.61 Å². The zero-order valence-electron chi connectivity index (χ0n) is 14.6. The van der Waals surface area contributed by atoms with Gasteiger partial charge in [0.05, 0.1) is 16.9 Å². The van der Waals surface area contributed by atoms with Gasteiger partial charge in [-0.15, -0.1) is 11.3 Å². The summed E-state index contributed by atoms with van der Waals surface area (Å²) in [6.07, 6.45) is 0. The molecule has 1 aromatic heterocycles. The van der Waals surface area contributed by atoms with Crippen molar-refractivity contribution in [2.45, 2.75) is 6.92 Å². The number of hydrogen-bond acceptors (Lipinski definition) is 5. The highest BCUT2D eigenvalue weighted by Gasteiger charge is 2.28. The molecular weight excluding hydrogens is 362 g/mol. The number of nitrogens with zero attached hydrogens (tertiary/aromatic N) is 2. The Kier molecular flexibility index (Phi) is 4.60. The van der Waals surface area contributed by atoms with E-state index in [-0.39, 0.29) is 25.0 Å². The van der Waals surface area contributed by atoms with E-state index in [9.17, 15) is 9.59 Å². The minimum atomic E-state index is -0.265. The first kappa shape index (κ1) is 17.2. The predicted molar refractivity (Wildman–Crippen MR) is 105 cm³/mol. The highest BCUT2D eigenvalue weighted by Crippen LogP contribution is 2.35. The number of amides is 2. The van der Waals surface area contributed by atoms with E-state index in [0.29, 0.717) is 17.1 Å². The van der Waals surface area contributed by atoms with Crippen LogP contribution in [0.2, 0.25) is 0 Å². The minimum Gasteiger partial charge on any atom is -0.482 e. The fraction of sp³-hybridized carbons (Fsp3) is 0.150. The van der Waals surface area contributed by atoms with Crippen LogP contribution in [0.3, 0.4) is 0 Å². The van der Waals surface area contributed by atoms with Crippen molar-refractivity contribution >= 4 is 34.5 Å². The highest BCUT2D eigenvalue weighted by molar-refractivity contribution is 7.07. The van der Waals surface area contributed by atoms with Gasteiger partial charge in [0.2, 0.25) is 5.91 Å². The first-order chi connectivity index (χ1) is 13.1. The van der Waals surface area contributed by atoms with Crippen LogP contribution in [0.4, 0.5) is 11.4 Å². The van der Waals surface area contributed by atoms with E-state index in [1.54, 1.807) is 11.6 Å². The van der Waals surface area contributed by atoms with Crippen molar-refractivity contribution in [3.8, 4) is 17.0 Å². The van der Waals surface area contributed by atoms with Crippen LogP contribution in [0.25, 0.3) is 11.3 Å². The second-order valence-electron chi connectivity index (χ2n) is 6.24. The number of thiazole rings is 1. The summed E-state index contributed by atoms with van der Waals surface area (Å²) in [5.41, 5.74) is 5.84. The Morgan fingerprint density at radius 1 is 1.26 bits per heavy atom. The van der Waals surface area contributed by atoms with Crippen LogP contribution in [0, 0.1) is 6.92 Å². The molecule has 1 aliphatic rings. The fourth-order valence-electron chi connectivity index (χ4n) is 2.87. The van der Waals surface area contributed by atoms with Gasteiger partial charge in [-0.25, -0.2) is 4.98 Å². The summed E-state index contributed by atoms with van der Waals surface area (Å²) in [6, 6.07) is 13.1. The van der Waals surface area contributed by atoms with Crippen molar-refractivity contribution in [3.63, 3.8) is 0 Å². The van der Waals surface area contributed by atoms with Crippen LogP contribution in [0.15, 0.2) is 53.4 Å². The molecule has 0 fully saturated rings. The zero-order valence-corrected chi connectivity index (χ0v) is 15.5. The van der Waals surface area contributed by atoms with Crippen molar-refractivity contribution in [3.05, 3.63) is 58.9 Å². The number of benzene rings is 2. The summed E-state index contributed by atoms with van der Waals surface area (Å²) in [5.74, 6) is 0.0628. The lowest BCUT2D eigenvalue weighted by atomic mass is 10.1. The largest absolute Gasteiger partial charge is 0.482 e. The molecule has 136 valence electrons. The topological polar surface area (TPSA) is 71.5 Å². The van der Waals surface area contributed by atoms with Gasteiger partial charge < -0.3 is 10.1 Å². The molecule has 7 heteroatoms. The Bertz CT molecular complexity index is 984. The monoisotopic (exact) mass is 379 g/mol. The van der Waals surface area contributed by atoms with Gasteiger partial charge in [-0.3, -0.25) is 14.5 Å². The molecule has 6 nitrogen and oxygen atoms in total. The Hall–Kier alpha value is -3.19. The lowest BCUT2D eigenvalue weighted by Gasteiger charge is -2.29. The quantitative estimate of drug-likeness (QED) is 0.753. The normalized spacial score (nSPS) is 13.1. The molecule has 0 aliphatic carbocycles. The van der Waals surface area contributed by atoms with Crippen molar-refractivity contribution < 1.29 is 14.3 Å². The van der Waals surface area contributed by atoms with Gasteiger partial charge in [-0.2, -0.15) is 0 Å².